The van der Waals surface area contributed by atoms with Crippen molar-refractivity contribution in [1.82, 2.24) is 0 Å². The maximum atomic E-state index is 7.26. The number of nitrogens with zero attached hydrogens (tertiary/aromatic N) is 2. The molecule has 0 aliphatic rings. The zero-order valence-electron chi connectivity index (χ0n) is 3.89. The van der Waals surface area contributed by atoms with Crippen LogP contribution in [0, 0.1) is 22.7 Å². The summed E-state index contributed by atoms with van der Waals surface area (Å²) in [6.45, 7) is 0. The van der Waals surface area contributed by atoms with Gasteiger partial charge in [0, 0.05) is 103 Å². The fourth-order valence-corrected chi connectivity index (χ4v) is 0. The first-order chi connectivity index (χ1) is 1.91. The molecule has 2 radical (unpaired) electrons. The van der Waals surface area contributed by atoms with Crippen LogP contribution in [0.5, 0.6) is 0 Å². The van der Waals surface area contributed by atoms with Gasteiger partial charge in [-0.25, -0.2) is 0 Å². The Balaban J connectivity index is -0.0000000450. The van der Waals surface area contributed by atoms with Crippen LogP contribution >= 0.6 is 0 Å². The Morgan fingerprint density at radius 3 is 1.00 bits per heavy atom. The largest absolute Gasteiger partial charge is 0.181 e. The number of rotatable bonds is 0. The molecule has 0 fully saturated rings. The minimum atomic E-state index is 0. The minimum Gasteiger partial charge on any atom is -0.181 e. The number of hydrogen-bond acceptors (Lipinski definition) is 2. The monoisotopic (exact) mass is 130 g/mol. The Hall–Kier alpha value is 2.25. The van der Waals surface area contributed by atoms with Crippen LogP contribution in [0.3, 0.4) is 0 Å². The van der Waals surface area contributed by atoms with E-state index in [0.717, 1.165) is 0 Å². The van der Waals surface area contributed by atoms with Gasteiger partial charge >= 0.3 is 0 Å². The third kappa shape index (κ3) is 16.3. The zero-order valence-corrected chi connectivity index (χ0v) is 10.1. The third-order valence-corrected chi connectivity index (χ3v) is 0.0500. The van der Waals surface area contributed by atoms with Gasteiger partial charge in [0.25, 0.3) is 0 Å². The van der Waals surface area contributed by atoms with E-state index in [9.17, 15) is 0 Å². The average molecular weight is 130 g/mol. The summed E-state index contributed by atoms with van der Waals surface area (Å²) in [5.74, 6) is 0. The molecule has 20 valence electrons. The molecule has 2 nitrogen and oxygen atoms in total. The molecule has 0 heterocycles. The molecule has 0 aromatic carbocycles. The molecule has 0 aromatic heterocycles. The molecule has 0 aliphatic heterocycles. The van der Waals surface area contributed by atoms with Crippen molar-refractivity contribution in [3.05, 3.63) is 0 Å². The van der Waals surface area contributed by atoms with E-state index in [4.69, 9.17) is 10.5 Å². The summed E-state index contributed by atoms with van der Waals surface area (Å²) in [4.78, 5) is 0. The van der Waals surface area contributed by atoms with Crippen LogP contribution in [0.2, 0.25) is 0 Å². The van der Waals surface area contributed by atoms with Gasteiger partial charge in [-0.05, 0) is 0 Å². The van der Waals surface area contributed by atoms with Gasteiger partial charge in [-0.3, -0.25) is 0 Å². The molecule has 0 unspecified atom stereocenters. The molecule has 0 saturated carbocycles. The summed E-state index contributed by atoms with van der Waals surface area (Å²) in [6.07, 6.45) is 0. The molecule has 0 atom stereocenters. The van der Waals surface area contributed by atoms with Gasteiger partial charge in [-0.2, -0.15) is 10.5 Å². The molecular formula is C2K2N2. The fraction of sp³-hybridized carbons (Fsp3) is 0. The van der Waals surface area contributed by atoms with Crippen molar-refractivity contribution in [3.8, 4) is 12.1 Å². The molecule has 6 heavy (non-hydrogen) atoms. The second-order valence-corrected chi connectivity index (χ2v) is 0.224. The summed E-state index contributed by atoms with van der Waals surface area (Å²) in [7, 11) is 0. The van der Waals surface area contributed by atoms with Crippen molar-refractivity contribution in [2.75, 3.05) is 0 Å². The summed E-state index contributed by atoms with van der Waals surface area (Å²) < 4.78 is 0. The van der Waals surface area contributed by atoms with E-state index in [1.165, 1.54) is 12.1 Å². The first-order valence-electron chi connectivity index (χ1n) is 0.697. The summed E-state index contributed by atoms with van der Waals surface area (Å²) >= 11 is 0. The quantitative estimate of drug-likeness (QED) is 0.406. The number of hydrogen-bond donors (Lipinski definition) is 0. The van der Waals surface area contributed by atoms with Crippen molar-refractivity contribution >= 4 is 103 Å². The molecule has 0 rings (SSSR count). The van der Waals surface area contributed by atoms with Gasteiger partial charge in [0.05, 0.1) is 0 Å². The van der Waals surface area contributed by atoms with Gasteiger partial charge in [0.2, 0.25) is 0 Å². The van der Waals surface area contributed by atoms with Gasteiger partial charge in [-0.15, -0.1) is 0 Å². The second kappa shape index (κ2) is 15.7. The van der Waals surface area contributed by atoms with Crippen LogP contribution in [0.4, 0.5) is 0 Å². The summed E-state index contributed by atoms with van der Waals surface area (Å²) in [5.41, 5.74) is 0. The summed E-state index contributed by atoms with van der Waals surface area (Å²) in [6, 6.07) is 2.47. The van der Waals surface area contributed by atoms with E-state index >= 15 is 0 Å². The van der Waals surface area contributed by atoms with Gasteiger partial charge < -0.3 is 0 Å². The van der Waals surface area contributed by atoms with E-state index in [1.54, 1.807) is 0 Å². The second-order valence-electron chi connectivity index (χ2n) is 0.224. The Morgan fingerprint density at radius 1 is 0.833 bits per heavy atom. The Kier molecular flexibility index (Phi) is 41.1. The van der Waals surface area contributed by atoms with Crippen molar-refractivity contribution in [3.63, 3.8) is 0 Å². The first kappa shape index (κ1) is 15.7. The van der Waals surface area contributed by atoms with Gasteiger partial charge in [0.1, 0.15) is 0 Å². The molecule has 4 heteroatoms. The predicted molar refractivity (Wildman–Crippen MR) is 22.7 cm³/mol. The standard InChI is InChI=1S/C2N2.2K/c3-1-2-4;;. The smallest absolute Gasteiger partial charge is 0.181 e. The fourth-order valence-electron chi connectivity index (χ4n) is 0. The number of nitriles is 2. The minimum absolute atomic E-state index is 0. The van der Waals surface area contributed by atoms with Gasteiger partial charge in [-0.1, -0.05) is 0 Å². The molecule has 0 saturated heterocycles. The molecule has 0 amide bonds. The maximum absolute atomic E-state index is 7.26. The molecule has 0 aromatic rings. The SMILES string of the molecule is N#CC#N.[K].[K]. The van der Waals surface area contributed by atoms with Crippen LogP contribution in [-0.2, 0) is 0 Å². The normalized spacial score (nSPS) is 1.67. The van der Waals surface area contributed by atoms with E-state index in [0.29, 0.717) is 0 Å². The van der Waals surface area contributed by atoms with Gasteiger partial charge in [0.15, 0.2) is 12.1 Å². The summed E-state index contributed by atoms with van der Waals surface area (Å²) in [5, 5.41) is 14.5. The predicted octanol–water partition coefficient (Wildman–Crippen LogP) is -0.728. The van der Waals surface area contributed by atoms with E-state index < -0.39 is 0 Å². The van der Waals surface area contributed by atoms with Crippen LogP contribution in [-0.4, -0.2) is 103 Å². The van der Waals surface area contributed by atoms with E-state index in [1.807, 2.05) is 0 Å². The van der Waals surface area contributed by atoms with Crippen LogP contribution in [0.15, 0.2) is 0 Å². The first-order valence-corrected chi connectivity index (χ1v) is 0.697. The van der Waals surface area contributed by atoms with Crippen molar-refractivity contribution in [2.45, 2.75) is 0 Å². The van der Waals surface area contributed by atoms with E-state index in [2.05, 4.69) is 0 Å². The van der Waals surface area contributed by atoms with Crippen LogP contribution in [0.1, 0.15) is 0 Å². The zero-order chi connectivity index (χ0) is 3.41. The van der Waals surface area contributed by atoms with Crippen LogP contribution < -0.4 is 0 Å². The van der Waals surface area contributed by atoms with E-state index in [-0.39, 0.29) is 103 Å². The Morgan fingerprint density at radius 2 is 1.00 bits per heavy atom. The van der Waals surface area contributed by atoms with Crippen molar-refractivity contribution in [1.29, 1.82) is 10.5 Å². The Labute approximate surface area is 122 Å². The molecule has 0 aliphatic carbocycles. The van der Waals surface area contributed by atoms with Crippen LogP contribution in [0.25, 0.3) is 0 Å². The maximum Gasteiger partial charge on any atom is 0.181 e. The van der Waals surface area contributed by atoms with Crippen molar-refractivity contribution in [2.24, 2.45) is 0 Å². The molecule has 0 N–H and O–H groups in total. The average Bonchev–Trinajstić information content (AvgIpc) is 1.37. The molecule has 0 spiro atoms. The third-order valence-electron chi connectivity index (χ3n) is 0.0500. The van der Waals surface area contributed by atoms with Crippen molar-refractivity contribution < 1.29 is 0 Å². The molecule has 0 bridgehead atoms. The molecular weight excluding hydrogens is 130 g/mol. The topological polar surface area (TPSA) is 47.6 Å². The Bertz CT molecular complexity index is 64.5.